The summed E-state index contributed by atoms with van der Waals surface area (Å²) >= 11 is 0. The minimum absolute atomic E-state index is 1.04. The average Bonchev–Trinajstić information content (AvgIpc) is 2.11. The summed E-state index contributed by atoms with van der Waals surface area (Å²) in [5.41, 5.74) is -4.47. The molecule has 0 heterocycles. The van der Waals surface area contributed by atoms with Crippen LogP contribution in [0.15, 0.2) is 12.7 Å². The van der Waals surface area contributed by atoms with Crippen LogP contribution in [0, 0.1) is 5.92 Å². The molecule has 4 unspecified atom stereocenters. The molecule has 0 N–H and O–H groups in total. The number of allylic oxidation sites excluding steroid dienone is 1. The van der Waals surface area contributed by atoms with Gasteiger partial charge in [-0.25, -0.2) is 13.2 Å². The number of halogens is 6. The molecule has 16 heavy (non-hydrogen) atoms. The molecule has 0 nitrogen and oxygen atoms in total. The Morgan fingerprint density at radius 2 is 1.75 bits per heavy atom. The molecule has 0 aromatic carbocycles. The van der Waals surface area contributed by atoms with Crippen molar-refractivity contribution in [3.63, 3.8) is 0 Å². The van der Waals surface area contributed by atoms with Crippen molar-refractivity contribution in [2.75, 3.05) is 0 Å². The van der Waals surface area contributed by atoms with Crippen LogP contribution in [-0.4, -0.2) is 22.9 Å². The fraction of sp³-hybridized carbons (Fsp3) is 0.778. The summed E-state index contributed by atoms with van der Waals surface area (Å²) in [5, 5.41) is -1.41. The number of hydrogen-bond donors (Lipinski definition) is 0. The zero-order chi connectivity index (χ0) is 13.0. The Balaban J connectivity index is 3.16. The van der Waals surface area contributed by atoms with Gasteiger partial charge >= 0.3 is 6.18 Å². The smallest absolute Gasteiger partial charge is 0.227 e. The van der Waals surface area contributed by atoms with Crippen LogP contribution in [0.3, 0.4) is 0 Å². The first-order valence-corrected chi connectivity index (χ1v) is 5.04. The minimum Gasteiger partial charge on any atom is -0.227 e. The van der Waals surface area contributed by atoms with Gasteiger partial charge < -0.3 is 0 Å². The molecule has 7 heteroatoms. The average molecular weight is 264 g/mol. The lowest BCUT2D eigenvalue weighted by Crippen LogP contribution is -2.72. The molecule has 0 saturated heterocycles. The highest BCUT2D eigenvalue weighted by Crippen LogP contribution is 2.65. The van der Waals surface area contributed by atoms with E-state index < -0.39 is 35.3 Å². The molecule has 0 spiro atoms. The lowest BCUT2D eigenvalue weighted by atomic mass is 9.61. The van der Waals surface area contributed by atoms with E-state index >= 15 is 0 Å². The molecule has 0 aliphatic heterocycles. The van der Waals surface area contributed by atoms with Crippen LogP contribution in [-0.2, 0) is 0 Å². The van der Waals surface area contributed by atoms with Crippen molar-refractivity contribution in [3.05, 3.63) is 12.7 Å². The lowest BCUT2D eigenvalue weighted by molar-refractivity contribution is -0.373. The van der Waals surface area contributed by atoms with Gasteiger partial charge in [-0.1, -0.05) is 13.0 Å². The third kappa shape index (κ3) is 1.57. The van der Waals surface area contributed by atoms with Crippen LogP contribution >= 0.6 is 9.24 Å². The van der Waals surface area contributed by atoms with Crippen LogP contribution < -0.4 is 0 Å². The third-order valence-corrected chi connectivity index (χ3v) is 3.71. The summed E-state index contributed by atoms with van der Waals surface area (Å²) in [6, 6.07) is 0. The molecule has 94 valence electrons. The highest BCUT2D eigenvalue weighted by molar-refractivity contribution is 7.19. The normalized spacial score (nSPS) is 37.4. The van der Waals surface area contributed by atoms with Crippen molar-refractivity contribution in [1.82, 2.24) is 0 Å². The van der Waals surface area contributed by atoms with E-state index in [1.807, 2.05) is 9.24 Å². The quantitative estimate of drug-likeness (QED) is 0.405. The monoisotopic (exact) mass is 264 g/mol. The first-order valence-electron chi connectivity index (χ1n) is 4.46. The molecule has 1 saturated carbocycles. The van der Waals surface area contributed by atoms with Crippen LogP contribution in [0.25, 0.3) is 0 Å². The van der Waals surface area contributed by atoms with Crippen LogP contribution in [0.4, 0.5) is 26.3 Å². The van der Waals surface area contributed by atoms with E-state index in [9.17, 15) is 26.3 Å². The summed E-state index contributed by atoms with van der Waals surface area (Å²) in [4.78, 5) is 0. The van der Waals surface area contributed by atoms with E-state index in [0.29, 0.717) is 0 Å². The molecule has 0 aromatic rings. The molecule has 0 aromatic heterocycles. The molecule has 0 radical (unpaired) electrons. The van der Waals surface area contributed by atoms with Crippen LogP contribution in [0.1, 0.15) is 13.3 Å². The largest absolute Gasteiger partial charge is 0.428 e. The number of rotatable bonds is 2. The van der Waals surface area contributed by atoms with Gasteiger partial charge in [-0.2, -0.15) is 13.2 Å². The number of alkyl halides is 6. The summed E-state index contributed by atoms with van der Waals surface area (Å²) < 4.78 is 76.5. The van der Waals surface area contributed by atoms with Gasteiger partial charge in [0.15, 0.2) is 0 Å². The van der Waals surface area contributed by atoms with Crippen molar-refractivity contribution in [3.8, 4) is 0 Å². The van der Waals surface area contributed by atoms with E-state index in [0.717, 1.165) is 6.08 Å². The topological polar surface area (TPSA) is 0 Å². The van der Waals surface area contributed by atoms with Gasteiger partial charge in [0.05, 0.1) is 0 Å². The van der Waals surface area contributed by atoms with Gasteiger partial charge in [0.2, 0.25) is 0 Å². The molecule has 4 atom stereocenters. The maximum atomic E-state index is 13.6. The van der Waals surface area contributed by atoms with Gasteiger partial charge in [0, 0.05) is 17.5 Å². The zero-order valence-electron chi connectivity index (χ0n) is 8.41. The maximum absolute atomic E-state index is 13.6. The van der Waals surface area contributed by atoms with E-state index in [-0.39, 0.29) is 0 Å². The number of hydrogen-bond acceptors (Lipinski definition) is 0. The second-order valence-corrected chi connectivity index (χ2v) is 5.48. The predicted octanol–water partition coefficient (Wildman–Crippen LogP) is 3.73. The summed E-state index contributed by atoms with van der Waals surface area (Å²) in [6.45, 7) is 4.46. The fourth-order valence-corrected chi connectivity index (χ4v) is 2.21. The van der Waals surface area contributed by atoms with Crippen molar-refractivity contribution in [2.24, 2.45) is 5.92 Å². The summed E-state index contributed by atoms with van der Waals surface area (Å²) in [7, 11) is 1.94. The standard InChI is InChI=1S/C9H11F6P/c1-3-6(2,16)5-4-7(10,11)8(5,12)9(13,14)15/h3,5H,1,4,16H2,2H3. The van der Waals surface area contributed by atoms with Gasteiger partial charge in [-0.05, 0) is 0 Å². The second kappa shape index (κ2) is 3.37. The highest BCUT2D eigenvalue weighted by atomic mass is 31.0. The Morgan fingerprint density at radius 1 is 1.31 bits per heavy atom. The van der Waals surface area contributed by atoms with Crippen molar-refractivity contribution in [1.29, 1.82) is 0 Å². The SMILES string of the molecule is C=CC(C)(P)C1CC(F)(F)C1(F)C(F)(F)F. The zero-order valence-corrected chi connectivity index (χ0v) is 9.57. The highest BCUT2D eigenvalue weighted by Gasteiger charge is 2.83. The molecular weight excluding hydrogens is 253 g/mol. The van der Waals surface area contributed by atoms with Crippen molar-refractivity contribution < 1.29 is 26.3 Å². The Hall–Kier alpha value is -0.250. The first kappa shape index (κ1) is 13.8. The van der Waals surface area contributed by atoms with E-state index in [1.54, 1.807) is 0 Å². The molecule has 1 aliphatic carbocycles. The second-order valence-electron chi connectivity index (χ2n) is 4.24. The molecule has 1 aliphatic rings. The van der Waals surface area contributed by atoms with Gasteiger partial charge in [-0.3, -0.25) is 0 Å². The lowest BCUT2D eigenvalue weighted by Gasteiger charge is -2.54. The summed E-state index contributed by atoms with van der Waals surface area (Å²) in [6.07, 6.45) is -5.67. The van der Waals surface area contributed by atoms with Gasteiger partial charge in [0.25, 0.3) is 11.6 Å². The van der Waals surface area contributed by atoms with Gasteiger partial charge in [0.1, 0.15) is 0 Å². The van der Waals surface area contributed by atoms with E-state index in [4.69, 9.17) is 0 Å². The Labute approximate surface area is 91.3 Å². The predicted molar refractivity (Wildman–Crippen MR) is 51.3 cm³/mol. The van der Waals surface area contributed by atoms with Crippen LogP contribution in [0.2, 0.25) is 0 Å². The Morgan fingerprint density at radius 3 is 2.00 bits per heavy atom. The Kier molecular flexibility index (Phi) is 2.91. The molecule has 1 rings (SSSR count). The molecule has 0 amide bonds. The minimum atomic E-state index is -5.58. The molecule has 1 fully saturated rings. The maximum Gasteiger partial charge on any atom is 0.428 e. The fourth-order valence-electron chi connectivity index (χ4n) is 1.86. The molecule has 0 bridgehead atoms. The Bertz CT molecular complexity index is 296. The van der Waals surface area contributed by atoms with E-state index in [2.05, 4.69) is 6.58 Å². The van der Waals surface area contributed by atoms with Crippen molar-refractivity contribution >= 4 is 9.24 Å². The van der Waals surface area contributed by atoms with E-state index in [1.165, 1.54) is 6.92 Å². The third-order valence-electron chi connectivity index (χ3n) is 3.08. The van der Waals surface area contributed by atoms with Crippen LogP contribution in [0.5, 0.6) is 0 Å². The first-order chi connectivity index (χ1) is 6.90. The summed E-state index contributed by atoms with van der Waals surface area (Å²) in [5.74, 6) is -6.20. The molecular formula is C9H11F6P. The van der Waals surface area contributed by atoms with Crippen molar-refractivity contribution in [2.45, 2.75) is 36.3 Å². The van der Waals surface area contributed by atoms with Gasteiger partial charge in [-0.15, -0.1) is 15.8 Å².